The third-order valence-electron chi connectivity index (χ3n) is 7.28. The highest BCUT2D eigenvalue weighted by Gasteiger charge is 2.20. The molecule has 37 heavy (non-hydrogen) atoms. The van der Waals surface area contributed by atoms with Crippen molar-refractivity contribution in [3.8, 4) is 0 Å². The van der Waals surface area contributed by atoms with E-state index in [0.717, 1.165) is 38.6 Å². The van der Waals surface area contributed by atoms with Crippen LogP contribution in [0.4, 0.5) is 0 Å². The van der Waals surface area contributed by atoms with E-state index < -0.39 is 7.82 Å². The van der Waals surface area contributed by atoms with Gasteiger partial charge in [-0.05, 0) is 51.7 Å². The second kappa shape index (κ2) is 29.1. The standard InChI is InChI=1S/C31H66NO4P/c1-4-7-10-13-15-17-19-22-27-32(28-23-20-18-16-14-11-8-5-2)29-24-26-31-36-37(33,34)35-30-25-21-12-9-6-3/h4-31H2,1-3H3,(H,33,34). The zero-order chi connectivity index (χ0) is 27.3. The van der Waals surface area contributed by atoms with E-state index in [1.165, 1.54) is 129 Å². The van der Waals surface area contributed by atoms with Crippen molar-refractivity contribution in [1.82, 2.24) is 4.90 Å². The molecule has 1 N–H and O–H groups in total. The molecule has 0 bridgehead atoms. The fourth-order valence-corrected chi connectivity index (χ4v) is 5.61. The number of unbranched alkanes of at least 4 members (excludes halogenated alkanes) is 19. The normalized spacial score (nSPS) is 13.4. The van der Waals surface area contributed by atoms with Gasteiger partial charge in [0.25, 0.3) is 0 Å². The van der Waals surface area contributed by atoms with E-state index in [0.29, 0.717) is 13.2 Å². The molecule has 0 aromatic carbocycles. The summed E-state index contributed by atoms with van der Waals surface area (Å²) in [6.07, 6.45) is 29.0. The minimum atomic E-state index is -3.90. The summed E-state index contributed by atoms with van der Waals surface area (Å²) in [7, 11) is -3.90. The highest BCUT2D eigenvalue weighted by Crippen LogP contribution is 2.43. The Balaban J connectivity index is 4.07. The Morgan fingerprint density at radius 2 is 0.730 bits per heavy atom. The molecule has 0 aliphatic rings. The fourth-order valence-electron chi connectivity index (χ4n) is 4.81. The molecule has 0 fully saturated rings. The fraction of sp³-hybridized carbons (Fsp3) is 1.00. The first kappa shape index (κ1) is 37.1. The molecule has 5 nitrogen and oxygen atoms in total. The molecule has 0 spiro atoms. The minimum absolute atomic E-state index is 0.299. The van der Waals surface area contributed by atoms with Gasteiger partial charge in [0, 0.05) is 0 Å². The maximum Gasteiger partial charge on any atom is 0.472 e. The number of phosphoric acid groups is 1. The summed E-state index contributed by atoms with van der Waals surface area (Å²) in [4.78, 5) is 12.5. The molecule has 1 unspecified atom stereocenters. The molecule has 0 saturated carbocycles. The molecular weight excluding hydrogens is 481 g/mol. The molecule has 6 heteroatoms. The highest BCUT2D eigenvalue weighted by atomic mass is 31.2. The Kier molecular flexibility index (Phi) is 29.1. The van der Waals surface area contributed by atoms with Gasteiger partial charge in [0.1, 0.15) is 0 Å². The van der Waals surface area contributed by atoms with Crippen LogP contribution in [-0.2, 0) is 13.6 Å². The van der Waals surface area contributed by atoms with Crippen molar-refractivity contribution >= 4 is 7.82 Å². The third-order valence-corrected chi connectivity index (χ3v) is 8.30. The quantitative estimate of drug-likeness (QED) is 0.0691. The van der Waals surface area contributed by atoms with Crippen molar-refractivity contribution in [3.05, 3.63) is 0 Å². The average Bonchev–Trinajstić information content (AvgIpc) is 2.88. The molecule has 0 saturated heterocycles. The molecule has 224 valence electrons. The zero-order valence-electron chi connectivity index (χ0n) is 25.4. The molecule has 0 aromatic heterocycles. The summed E-state index contributed by atoms with van der Waals surface area (Å²) in [5.74, 6) is 0. The molecule has 0 aromatic rings. The summed E-state index contributed by atoms with van der Waals surface area (Å²) < 4.78 is 22.4. The number of nitrogens with zero attached hydrogens (tertiary/aromatic N) is 1. The lowest BCUT2D eigenvalue weighted by molar-refractivity contribution is 0.143. The van der Waals surface area contributed by atoms with Gasteiger partial charge in [-0.2, -0.15) is 0 Å². The van der Waals surface area contributed by atoms with Crippen LogP contribution < -0.4 is 0 Å². The summed E-state index contributed by atoms with van der Waals surface area (Å²) >= 11 is 0. The number of hydrogen-bond acceptors (Lipinski definition) is 4. The minimum Gasteiger partial charge on any atom is -0.303 e. The van der Waals surface area contributed by atoms with Gasteiger partial charge in [-0.15, -0.1) is 0 Å². The smallest absolute Gasteiger partial charge is 0.303 e. The Labute approximate surface area is 232 Å². The first-order valence-corrected chi connectivity index (χ1v) is 17.9. The van der Waals surface area contributed by atoms with Gasteiger partial charge in [0.05, 0.1) is 13.2 Å². The predicted octanol–water partition coefficient (Wildman–Crippen LogP) is 10.5. The highest BCUT2D eigenvalue weighted by molar-refractivity contribution is 7.47. The van der Waals surface area contributed by atoms with Crippen molar-refractivity contribution < 1.29 is 18.5 Å². The monoisotopic (exact) mass is 547 g/mol. The van der Waals surface area contributed by atoms with E-state index in [4.69, 9.17) is 9.05 Å². The maximum atomic E-state index is 12.1. The molecule has 0 amide bonds. The van der Waals surface area contributed by atoms with Crippen molar-refractivity contribution in [1.29, 1.82) is 0 Å². The van der Waals surface area contributed by atoms with Gasteiger partial charge >= 0.3 is 7.82 Å². The molecule has 0 heterocycles. The van der Waals surface area contributed by atoms with E-state index in [2.05, 4.69) is 25.7 Å². The van der Waals surface area contributed by atoms with Crippen LogP contribution in [0.3, 0.4) is 0 Å². The molecule has 0 rings (SSSR count). The molecule has 0 aliphatic heterocycles. The van der Waals surface area contributed by atoms with Crippen LogP contribution in [0.25, 0.3) is 0 Å². The van der Waals surface area contributed by atoms with Crippen LogP contribution >= 0.6 is 7.82 Å². The van der Waals surface area contributed by atoms with Crippen LogP contribution in [0.5, 0.6) is 0 Å². The van der Waals surface area contributed by atoms with Crippen LogP contribution in [0.2, 0.25) is 0 Å². The van der Waals surface area contributed by atoms with E-state index in [-0.39, 0.29) is 0 Å². The van der Waals surface area contributed by atoms with Crippen LogP contribution in [0.15, 0.2) is 0 Å². The lowest BCUT2D eigenvalue weighted by Gasteiger charge is -2.22. The second-order valence-corrected chi connectivity index (χ2v) is 12.5. The molecule has 0 radical (unpaired) electrons. The Morgan fingerprint density at radius 3 is 1.11 bits per heavy atom. The van der Waals surface area contributed by atoms with Gasteiger partial charge in [-0.3, -0.25) is 9.05 Å². The van der Waals surface area contributed by atoms with Crippen molar-refractivity contribution in [2.75, 3.05) is 32.8 Å². The SMILES string of the molecule is CCCCCCCCCCN(CCCCCCCCCC)CCCCOP(=O)(O)OCCCCCCC. The van der Waals surface area contributed by atoms with E-state index in [1.807, 2.05) is 0 Å². The largest absolute Gasteiger partial charge is 0.472 e. The zero-order valence-corrected chi connectivity index (χ0v) is 26.3. The summed E-state index contributed by atoms with van der Waals surface area (Å²) in [6, 6.07) is 0. The van der Waals surface area contributed by atoms with E-state index in [9.17, 15) is 9.46 Å². The Bertz CT molecular complexity index is 472. The predicted molar refractivity (Wildman–Crippen MR) is 161 cm³/mol. The Hall–Kier alpha value is 0.0700. The number of rotatable bonds is 31. The summed E-state index contributed by atoms with van der Waals surface area (Å²) in [5, 5.41) is 0. The number of phosphoric ester groups is 1. The van der Waals surface area contributed by atoms with Gasteiger partial charge < -0.3 is 9.79 Å². The van der Waals surface area contributed by atoms with Crippen molar-refractivity contribution in [2.24, 2.45) is 0 Å². The van der Waals surface area contributed by atoms with Gasteiger partial charge in [-0.1, -0.05) is 136 Å². The first-order chi connectivity index (χ1) is 18.1. The van der Waals surface area contributed by atoms with E-state index >= 15 is 0 Å². The van der Waals surface area contributed by atoms with Crippen LogP contribution in [0, 0.1) is 0 Å². The van der Waals surface area contributed by atoms with Crippen molar-refractivity contribution in [2.45, 2.75) is 168 Å². The molecule has 1 atom stereocenters. The summed E-state index contributed by atoms with van der Waals surface area (Å²) in [6.45, 7) is 10.8. The second-order valence-electron chi connectivity index (χ2n) is 11.0. The van der Waals surface area contributed by atoms with Crippen LogP contribution in [0.1, 0.15) is 168 Å². The molecule has 0 aliphatic carbocycles. The lowest BCUT2D eigenvalue weighted by Crippen LogP contribution is -2.27. The average molecular weight is 548 g/mol. The van der Waals surface area contributed by atoms with Crippen LogP contribution in [-0.4, -0.2) is 42.6 Å². The first-order valence-electron chi connectivity index (χ1n) is 16.4. The van der Waals surface area contributed by atoms with Crippen molar-refractivity contribution in [3.63, 3.8) is 0 Å². The topological polar surface area (TPSA) is 59.0 Å². The lowest BCUT2D eigenvalue weighted by atomic mass is 10.1. The summed E-state index contributed by atoms with van der Waals surface area (Å²) in [5.41, 5.74) is 0. The maximum absolute atomic E-state index is 12.1. The van der Waals surface area contributed by atoms with Gasteiger partial charge in [0.2, 0.25) is 0 Å². The third kappa shape index (κ3) is 28.9. The van der Waals surface area contributed by atoms with Gasteiger partial charge in [0.15, 0.2) is 0 Å². The van der Waals surface area contributed by atoms with Gasteiger partial charge in [-0.25, -0.2) is 4.57 Å². The number of hydrogen-bond donors (Lipinski definition) is 1. The van der Waals surface area contributed by atoms with E-state index in [1.54, 1.807) is 0 Å². The Morgan fingerprint density at radius 1 is 0.459 bits per heavy atom. The molecular formula is C31H66NO4P.